The molecule has 1 unspecified atom stereocenters. The minimum absolute atomic E-state index is 0.0229. The lowest BCUT2D eigenvalue weighted by molar-refractivity contribution is -0.119. The molecule has 0 bridgehead atoms. The van der Waals surface area contributed by atoms with Crippen LogP contribution in [0, 0.1) is 6.92 Å². The summed E-state index contributed by atoms with van der Waals surface area (Å²) in [5.74, 6) is 5.24. The molecule has 2 heterocycles. The van der Waals surface area contributed by atoms with Crippen molar-refractivity contribution in [2.24, 2.45) is 0 Å². The summed E-state index contributed by atoms with van der Waals surface area (Å²) in [7, 11) is -3.03. The highest BCUT2D eigenvalue weighted by molar-refractivity contribution is 7.99. The molecule has 0 spiro atoms. The first-order chi connectivity index (χ1) is 9.78. The lowest BCUT2D eigenvalue weighted by Gasteiger charge is -2.10. The van der Waals surface area contributed by atoms with Gasteiger partial charge in [0.2, 0.25) is 11.1 Å². The average molecular weight is 333 g/mol. The molecule has 11 heteroatoms. The molecular weight excluding hydrogens is 318 g/mol. The lowest BCUT2D eigenvalue weighted by Crippen LogP contribution is -2.37. The first-order valence-electron chi connectivity index (χ1n) is 6.12. The van der Waals surface area contributed by atoms with Gasteiger partial charge in [-0.3, -0.25) is 9.59 Å². The molecule has 0 saturated carbocycles. The summed E-state index contributed by atoms with van der Waals surface area (Å²) in [5.41, 5.74) is -0.308. The highest BCUT2D eigenvalue weighted by atomic mass is 32.2. The van der Waals surface area contributed by atoms with Crippen LogP contribution in [0.3, 0.4) is 0 Å². The minimum atomic E-state index is -3.03. The van der Waals surface area contributed by atoms with Gasteiger partial charge >= 0.3 is 0 Å². The molecule has 1 saturated heterocycles. The van der Waals surface area contributed by atoms with Crippen LogP contribution in [-0.4, -0.2) is 52.5 Å². The number of nitrogens with two attached hydrogens (primary N) is 1. The standard InChI is InChI=1S/C10H15N5O4S2/c1-6-9(17)15(11)10(14-13-6)20-4-8(16)12-7-2-3-21(18,19)5-7/h7H,2-5,11H2,1H3,(H,12,16). The Morgan fingerprint density at radius 2 is 2.24 bits per heavy atom. The molecule has 0 aliphatic carbocycles. The molecule has 3 N–H and O–H groups in total. The van der Waals surface area contributed by atoms with Crippen LogP contribution in [0.2, 0.25) is 0 Å². The van der Waals surface area contributed by atoms with Gasteiger partial charge in [-0.2, -0.15) is 4.68 Å². The van der Waals surface area contributed by atoms with Crippen molar-refractivity contribution in [1.29, 1.82) is 0 Å². The second-order valence-corrected chi connectivity index (χ2v) is 7.87. The first-order valence-corrected chi connectivity index (χ1v) is 8.93. The molecule has 0 radical (unpaired) electrons. The van der Waals surface area contributed by atoms with Crippen molar-refractivity contribution in [3.63, 3.8) is 0 Å². The predicted octanol–water partition coefficient (Wildman–Crippen LogP) is -1.94. The topological polar surface area (TPSA) is 137 Å². The molecule has 1 aliphatic rings. The number of amides is 1. The maximum Gasteiger partial charge on any atom is 0.294 e. The molecule has 1 aromatic heterocycles. The maximum absolute atomic E-state index is 11.7. The van der Waals surface area contributed by atoms with Gasteiger partial charge in [-0.1, -0.05) is 11.8 Å². The van der Waals surface area contributed by atoms with E-state index in [1.54, 1.807) is 0 Å². The fourth-order valence-electron chi connectivity index (χ4n) is 1.88. The monoisotopic (exact) mass is 333 g/mol. The zero-order valence-corrected chi connectivity index (χ0v) is 12.9. The van der Waals surface area contributed by atoms with E-state index in [0.717, 1.165) is 16.4 Å². The smallest absolute Gasteiger partial charge is 0.294 e. The molecule has 9 nitrogen and oxygen atoms in total. The SMILES string of the molecule is Cc1nnc(SCC(=O)NC2CCS(=O)(=O)C2)n(N)c1=O. The predicted molar refractivity (Wildman–Crippen MR) is 77.1 cm³/mol. The number of sulfone groups is 1. The summed E-state index contributed by atoms with van der Waals surface area (Å²) in [6, 6.07) is -0.354. The third kappa shape index (κ3) is 3.94. The van der Waals surface area contributed by atoms with E-state index < -0.39 is 15.4 Å². The Hall–Kier alpha value is -1.62. The second kappa shape index (κ2) is 6.02. The van der Waals surface area contributed by atoms with Crippen molar-refractivity contribution < 1.29 is 13.2 Å². The number of nitrogen functional groups attached to an aromatic ring is 1. The Kier molecular flexibility index (Phi) is 4.52. The molecule has 1 atom stereocenters. The van der Waals surface area contributed by atoms with E-state index in [1.807, 2.05) is 0 Å². The Labute approximate surface area is 125 Å². The highest BCUT2D eigenvalue weighted by Crippen LogP contribution is 2.13. The van der Waals surface area contributed by atoms with Crippen LogP contribution in [0.25, 0.3) is 0 Å². The highest BCUT2D eigenvalue weighted by Gasteiger charge is 2.28. The van der Waals surface area contributed by atoms with E-state index in [2.05, 4.69) is 15.5 Å². The second-order valence-electron chi connectivity index (χ2n) is 4.70. The number of hydrogen-bond donors (Lipinski definition) is 2. The molecule has 1 aromatic rings. The molecule has 0 aromatic carbocycles. The number of aromatic nitrogens is 3. The molecule has 21 heavy (non-hydrogen) atoms. The summed E-state index contributed by atoms with van der Waals surface area (Å²) in [5, 5.41) is 10.1. The summed E-state index contributed by atoms with van der Waals surface area (Å²) in [6.45, 7) is 1.49. The molecule has 2 rings (SSSR count). The van der Waals surface area contributed by atoms with Gasteiger partial charge in [0.1, 0.15) is 5.69 Å². The Bertz CT molecular complexity index is 715. The van der Waals surface area contributed by atoms with Gasteiger partial charge in [0.25, 0.3) is 5.56 Å². The van der Waals surface area contributed by atoms with Gasteiger partial charge in [-0.05, 0) is 13.3 Å². The van der Waals surface area contributed by atoms with Gasteiger partial charge in [-0.15, -0.1) is 10.2 Å². The van der Waals surface area contributed by atoms with Crippen molar-refractivity contribution in [2.45, 2.75) is 24.5 Å². The van der Waals surface area contributed by atoms with Crippen LogP contribution in [0.5, 0.6) is 0 Å². The van der Waals surface area contributed by atoms with Crippen molar-refractivity contribution in [1.82, 2.24) is 20.2 Å². The third-order valence-corrected chi connectivity index (χ3v) is 5.66. The van der Waals surface area contributed by atoms with E-state index in [0.29, 0.717) is 6.42 Å². The summed E-state index contributed by atoms with van der Waals surface area (Å²) in [4.78, 5) is 23.3. The average Bonchev–Trinajstić information content (AvgIpc) is 2.74. The Morgan fingerprint density at radius 3 is 2.86 bits per heavy atom. The number of nitrogens with zero attached hydrogens (tertiary/aromatic N) is 3. The van der Waals surface area contributed by atoms with Crippen molar-refractivity contribution in [2.75, 3.05) is 23.1 Å². The largest absolute Gasteiger partial charge is 0.352 e. The number of rotatable bonds is 4. The van der Waals surface area contributed by atoms with Gasteiger partial charge in [0.05, 0.1) is 17.3 Å². The van der Waals surface area contributed by atoms with E-state index in [4.69, 9.17) is 5.84 Å². The van der Waals surface area contributed by atoms with Crippen LogP contribution < -0.4 is 16.7 Å². The van der Waals surface area contributed by atoms with Gasteiger partial charge in [-0.25, -0.2) is 8.42 Å². The first kappa shape index (κ1) is 15.8. The van der Waals surface area contributed by atoms with Crippen LogP contribution in [0.15, 0.2) is 9.95 Å². The van der Waals surface area contributed by atoms with Gasteiger partial charge in [0.15, 0.2) is 9.84 Å². The lowest BCUT2D eigenvalue weighted by atomic mass is 10.3. The molecule has 1 aliphatic heterocycles. The Morgan fingerprint density at radius 1 is 1.52 bits per heavy atom. The van der Waals surface area contributed by atoms with Gasteiger partial charge < -0.3 is 11.2 Å². The van der Waals surface area contributed by atoms with Crippen LogP contribution in [0.4, 0.5) is 0 Å². The van der Waals surface area contributed by atoms with Gasteiger partial charge in [0, 0.05) is 6.04 Å². The zero-order chi connectivity index (χ0) is 15.6. The number of aryl methyl sites for hydroxylation is 1. The van der Waals surface area contributed by atoms with Crippen LogP contribution >= 0.6 is 11.8 Å². The van der Waals surface area contributed by atoms with Crippen LogP contribution in [0.1, 0.15) is 12.1 Å². The number of hydrogen-bond acceptors (Lipinski definition) is 8. The molecule has 116 valence electrons. The number of thioether (sulfide) groups is 1. The molecular formula is C10H15N5O4S2. The van der Waals surface area contributed by atoms with E-state index in [9.17, 15) is 18.0 Å². The maximum atomic E-state index is 11.7. The minimum Gasteiger partial charge on any atom is -0.352 e. The normalized spacial score (nSPS) is 20.3. The summed E-state index contributed by atoms with van der Waals surface area (Å²) < 4.78 is 23.4. The summed E-state index contributed by atoms with van der Waals surface area (Å²) >= 11 is 0.964. The van der Waals surface area contributed by atoms with Crippen molar-refractivity contribution in [3.8, 4) is 0 Å². The zero-order valence-electron chi connectivity index (χ0n) is 11.3. The fraction of sp³-hybridized carbons (Fsp3) is 0.600. The fourth-order valence-corrected chi connectivity index (χ4v) is 4.21. The molecule has 1 amide bonds. The number of carbonyl (C=O) groups is 1. The summed E-state index contributed by atoms with van der Waals surface area (Å²) in [6.07, 6.45) is 0.421. The van der Waals surface area contributed by atoms with E-state index in [-0.39, 0.29) is 40.1 Å². The van der Waals surface area contributed by atoms with Crippen molar-refractivity contribution in [3.05, 3.63) is 16.0 Å². The van der Waals surface area contributed by atoms with Crippen LogP contribution in [-0.2, 0) is 14.6 Å². The quantitative estimate of drug-likeness (QED) is 0.479. The third-order valence-electron chi connectivity index (χ3n) is 2.95. The molecule has 1 fully saturated rings. The number of nitrogens with one attached hydrogen (secondary N) is 1. The number of carbonyl (C=O) groups excluding carboxylic acids is 1. The Balaban J connectivity index is 1.90. The van der Waals surface area contributed by atoms with Crippen molar-refractivity contribution >= 4 is 27.5 Å². The van der Waals surface area contributed by atoms with E-state index >= 15 is 0 Å². The van der Waals surface area contributed by atoms with E-state index in [1.165, 1.54) is 6.92 Å².